The lowest BCUT2D eigenvalue weighted by Gasteiger charge is -2.41. The Balaban J connectivity index is 2.50. The molecule has 1 N–H and O–H groups in total. The zero-order valence-electron chi connectivity index (χ0n) is 19.1. The van der Waals surface area contributed by atoms with E-state index < -0.39 is 32.2 Å². The maximum Gasteiger partial charge on any atom is 0.408 e. The first-order valence-corrected chi connectivity index (χ1v) is 14.6. The molecule has 1 heterocycles. The van der Waals surface area contributed by atoms with E-state index >= 15 is 0 Å². The third-order valence-corrected chi connectivity index (χ3v) is 11.2. The molecule has 1 amide bonds. The van der Waals surface area contributed by atoms with Gasteiger partial charge in [-0.05, 0) is 60.4 Å². The predicted octanol–water partition coefficient (Wildman–Crippen LogP) is 7.23. The number of nitrogens with one attached hydrogen (secondary N) is 1. The van der Waals surface area contributed by atoms with E-state index in [0.717, 1.165) is 15.2 Å². The Bertz CT molecular complexity index is 844. The molecule has 0 bridgehead atoms. The average Bonchev–Trinajstić information content (AvgIpc) is 3.02. The summed E-state index contributed by atoms with van der Waals surface area (Å²) in [6.07, 6.45) is -0.878. The van der Waals surface area contributed by atoms with Crippen LogP contribution >= 0.6 is 27.3 Å². The molecule has 0 fully saturated rings. The molecule has 166 valence electrons. The summed E-state index contributed by atoms with van der Waals surface area (Å²) in [4.78, 5) is 17.3. The number of amides is 1. The minimum atomic E-state index is -2.16. The largest absolute Gasteiger partial charge is 0.444 e. The molecule has 2 aromatic rings. The van der Waals surface area contributed by atoms with Crippen molar-refractivity contribution in [1.29, 1.82) is 0 Å². The molecule has 0 radical (unpaired) electrons. The van der Waals surface area contributed by atoms with E-state index in [1.807, 2.05) is 56.5 Å². The molecule has 0 unspecified atom stereocenters. The molecule has 0 spiro atoms. The van der Waals surface area contributed by atoms with Crippen molar-refractivity contribution in [2.24, 2.45) is 0 Å². The quantitative estimate of drug-likeness (QED) is 0.414. The Morgan fingerprint density at radius 1 is 1.13 bits per heavy atom. The van der Waals surface area contributed by atoms with E-state index in [4.69, 9.17) is 9.16 Å². The number of thiazole rings is 1. The van der Waals surface area contributed by atoms with Crippen molar-refractivity contribution in [3.63, 3.8) is 0 Å². The number of halogens is 1. The zero-order valence-corrected chi connectivity index (χ0v) is 22.5. The molecule has 0 aliphatic rings. The highest BCUT2D eigenvalue weighted by molar-refractivity contribution is 9.10. The minimum absolute atomic E-state index is 0.0138. The van der Waals surface area contributed by atoms with E-state index in [0.29, 0.717) is 0 Å². The van der Waals surface area contributed by atoms with Crippen LogP contribution in [0.1, 0.15) is 64.3 Å². The van der Waals surface area contributed by atoms with Crippen LogP contribution in [0.4, 0.5) is 4.79 Å². The molecule has 8 heteroatoms. The molecule has 1 aromatic heterocycles. The minimum Gasteiger partial charge on any atom is -0.444 e. The van der Waals surface area contributed by atoms with Crippen molar-refractivity contribution in [2.75, 3.05) is 0 Å². The topological polar surface area (TPSA) is 60.5 Å². The lowest BCUT2D eigenvalue weighted by atomic mass is 10.0. The Morgan fingerprint density at radius 3 is 2.20 bits per heavy atom. The van der Waals surface area contributed by atoms with Gasteiger partial charge in [-0.3, -0.25) is 0 Å². The number of nitrogens with zero attached hydrogens (tertiary/aromatic N) is 1. The fourth-order valence-corrected chi connectivity index (χ4v) is 5.18. The number of carbonyl (C=O) groups excluding carboxylic acids is 1. The number of alkyl carbamates (subject to hydrolysis) is 1. The van der Waals surface area contributed by atoms with E-state index in [1.165, 1.54) is 11.3 Å². The van der Waals surface area contributed by atoms with Crippen LogP contribution in [0.25, 0.3) is 0 Å². The predicted molar refractivity (Wildman–Crippen MR) is 129 cm³/mol. The highest BCUT2D eigenvalue weighted by Gasteiger charge is 2.42. The van der Waals surface area contributed by atoms with Gasteiger partial charge in [-0.25, -0.2) is 9.78 Å². The Morgan fingerprint density at radius 2 is 1.73 bits per heavy atom. The second-order valence-corrected chi connectivity index (χ2v) is 16.3. The SMILES string of the molecule is CC(C)(C)OC(=O)N[C@H](c1nc(Br)cs1)[C@H](O[Si](C)(C)C(C)(C)C)c1ccccc1. The van der Waals surface area contributed by atoms with Gasteiger partial charge in [0.25, 0.3) is 0 Å². The van der Waals surface area contributed by atoms with E-state index in [1.54, 1.807) is 0 Å². The van der Waals surface area contributed by atoms with Crippen molar-refractivity contribution >= 4 is 41.7 Å². The first kappa shape index (κ1) is 25.0. The van der Waals surface area contributed by atoms with Crippen LogP contribution in [0.3, 0.4) is 0 Å². The summed E-state index contributed by atoms with van der Waals surface area (Å²) in [5.41, 5.74) is 0.398. The van der Waals surface area contributed by atoms with Gasteiger partial charge >= 0.3 is 6.09 Å². The second-order valence-electron chi connectivity index (χ2n) is 9.84. The average molecular weight is 514 g/mol. The first-order valence-electron chi connectivity index (χ1n) is 10.0. The molecule has 2 atom stereocenters. The smallest absolute Gasteiger partial charge is 0.408 e. The Labute approximate surface area is 193 Å². The molecule has 0 saturated heterocycles. The summed E-state index contributed by atoms with van der Waals surface area (Å²) in [5.74, 6) is 0. The number of carbonyl (C=O) groups is 1. The van der Waals surface area contributed by atoms with Gasteiger partial charge in [0, 0.05) is 5.38 Å². The Hall–Kier alpha value is -1.22. The maximum atomic E-state index is 12.7. The zero-order chi connectivity index (χ0) is 22.7. The van der Waals surface area contributed by atoms with Crippen molar-refractivity contribution in [3.8, 4) is 0 Å². The summed E-state index contributed by atoms with van der Waals surface area (Å²) in [5, 5.41) is 5.73. The summed E-state index contributed by atoms with van der Waals surface area (Å²) >= 11 is 4.92. The van der Waals surface area contributed by atoms with E-state index in [-0.39, 0.29) is 5.04 Å². The summed E-state index contributed by atoms with van der Waals surface area (Å²) in [6.45, 7) is 16.6. The normalized spacial score (nSPS) is 14.8. The van der Waals surface area contributed by atoms with Gasteiger partial charge in [-0.2, -0.15) is 0 Å². The van der Waals surface area contributed by atoms with Crippen LogP contribution in [0.2, 0.25) is 18.1 Å². The standard InChI is InChI=1S/C22H33BrN2O3SSi/c1-21(2,3)27-20(26)25-17(19-24-16(23)14-29-19)18(15-12-10-9-11-13-15)28-30(7,8)22(4,5)6/h9-14,17-18H,1-8H3,(H,25,26)/t17-,18+/m0/s1. The summed E-state index contributed by atoms with van der Waals surface area (Å²) < 4.78 is 13.1. The van der Waals surface area contributed by atoms with Crippen LogP contribution in [-0.2, 0) is 9.16 Å². The van der Waals surface area contributed by atoms with Gasteiger partial charge < -0.3 is 14.5 Å². The molecule has 30 heavy (non-hydrogen) atoms. The van der Waals surface area contributed by atoms with Crippen LogP contribution in [0.15, 0.2) is 40.3 Å². The van der Waals surface area contributed by atoms with Gasteiger partial charge in [0.15, 0.2) is 8.32 Å². The molecule has 0 aliphatic carbocycles. The van der Waals surface area contributed by atoms with Crippen LogP contribution in [0, 0.1) is 0 Å². The van der Waals surface area contributed by atoms with Crippen LogP contribution < -0.4 is 5.32 Å². The number of aromatic nitrogens is 1. The van der Waals surface area contributed by atoms with Crippen LogP contribution in [0.5, 0.6) is 0 Å². The molecule has 5 nitrogen and oxygen atoms in total. The fourth-order valence-electron chi connectivity index (χ4n) is 2.58. The summed E-state index contributed by atoms with van der Waals surface area (Å²) in [6, 6.07) is 9.53. The third kappa shape index (κ3) is 6.90. The van der Waals surface area contributed by atoms with Crippen molar-refractivity contribution in [3.05, 3.63) is 50.9 Å². The van der Waals surface area contributed by atoms with Gasteiger partial charge in [0.2, 0.25) is 0 Å². The fraction of sp³-hybridized carbons (Fsp3) is 0.545. The summed E-state index contributed by atoms with van der Waals surface area (Å²) in [7, 11) is -2.16. The number of ether oxygens (including phenoxy) is 1. The monoisotopic (exact) mass is 512 g/mol. The molecular weight excluding hydrogens is 480 g/mol. The van der Waals surface area contributed by atoms with E-state index in [2.05, 4.69) is 60.1 Å². The number of hydrogen-bond acceptors (Lipinski definition) is 5. The molecule has 2 rings (SSSR count). The van der Waals surface area contributed by atoms with Gasteiger partial charge in [-0.1, -0.05) is 51.1 Å². The number of rotatable bonds is 6. The van der Waals surface area contributed by atoms with Crippen molar-refractivity contribution in [1.82, 2.24) is 10.3 Å². The van der Waals surface area contributed by atoms with Gasteiger partial charge in [0.1, 0.15) is 21.3 Å². The highest BCUT2D eigenvalue weighted by Crippen LogP contribution is 2.44. The highest BCUT2D eigenvalue weighted by atomic mass is 79.9. The lowest BCUT2D eigenvalue weighted by Crippen LogP contribution is -2.45. The molecule has 0 saturated carbocycles. The molecule has 1 aromatic carbocycles. The maximum absolute atomic E-state index is 12.7. The van der Waals surface area contributed by atoms with Crippen LogP contribution in [-0.4, -0.2) is 25.0 Å². The van der Waals surface area contributed by atoms with Gasteiger partial charge in [0.05, 0.1) is 6.10 Å². The number of benzene rings is 1. The molecule has 0 aliphatic heterocycles. The third-order valence-electron chi connectivity index (χ3n) is 5.09. The van der Waals surface area contributed by atoms with E-state index in [9.17, 15) is 4.79 Å². The first-order chi connectivity index (χ1) is 13.7. The van der Waals surface area contributed by atoms with Crippen molar-refractivity contribution in [2.45, 2.75) is 77.4 Å². The van der Waals surface area contributed by atoms with Gasteiger partial charge in [-0.15, -0.1) is 11.3 Å². The lowest BCUT2D eigenvalue weighted by molar-refractivity contribution is 0.0430. The van der Waals surface area contributed by atoms with Crippen molar-refractivity contribution < 1.29 is 14.0 Å². The molecular formula is C22H33BrN2O3SSi. The second kappa shape index (κ2) is 9.50. The number of hydrogen-bond donors (Lipinski definition) is 1. The Kier molecular flexibility index (Phi) is 7.93.